The van der Waals surface area contributed by atoms with Crippen molar-refractivity contribution in [3.63, 3.8) is 0 Å². The third-order valence-corrected chi connectivity index (χ3v) is 10.4. The summed E-state index contributed by atoms with van der Waals surface area (Å²) in [7, 11) is 0. The van der Waals surface area contributed by atoms with Crippen LogP contribution >= 0.6 is 22.7 Å². The molecule has 0 aliphatic rings. The maximum Gasteiger partial charge on any atom is 0.0535 e. The lowest BCUT2D eigenvalue weighted by Gasteiger charge is -2.25. The Balaban J connectivity index is 1.10. The average Bonchev–Trinajstić information content (AvgIpc) is 3.74. The number of hydrogen-bond acceptors (Lipinski definition) is 4. The Bertz CT molecular complexity index is 1930. The van der Waals surface area contributed by atoms with Crippen LogP contribution in [0.4, 0.5) is 34.1 Å². The highest BCUT2D eigenvalue weighted by atomic mass is 32.1. The summed E-state index contributed by atoms with van der Waals surface area (Å²) in [5.74, 6) is 0. The van der Waals surface area contributed by atoms with Gasteiger partial charge < -0.3 is 9.80 Å². The SMILES string of the molecule is c1ccc(N(c2ccccc2)c2ccc(-c3csc4c(-c5ccc(N(c6ccccc6)c6ccccc6)cc5)csc34)cc2)cc1. The number of fused-ring (bicyclic) bond motifs is 1. The molecule has 220 valence electrons. The first-order valence-corrected chi connectivity index (χ1v) is 17.1. The molecular formula is C42H30N2S2. The molecule has 0 unspecified atom stereocenters. The largest absolute Gasteiger partial charge is 0.311 e. The van der Waals surface area contributed by atoms with Crippen molar-refractivity contribution >= 4 is 66.2 Å². The van der Waals surface area contributed by atoms with Crippen LogP contribution < -0.4 is 9.80 Å². The molecule has 0 fully saturated rings. The van der Waals surface area contributed by atoms with Crippen molar-refractivity contribution in [1.29, 1.82) is 0 Å². The molecule has 0 N–H and O–H groups in total. The van der Waals surface area contributed by atoms with Gasteiger partial charge in [-0.05, 0) is 83.9 Å². The predicted molar refractivity (Wildman–Crippen MR) is 200 cm³/mol. The van der Waals surface area contributed by atoms with E-state index in [2.05, 4.69) is 190 Å². The summed E-state index contributed by atoms with van der Waals surface area (Å²) in [5.41, 5.74) is 11.9. The Morgan fingerprint density at radius 2 is 0.543 bits per heavy atom. The smallest absolute Gasteiger partial charge is 0.0535 e. The van der Waals surface area contributed by atoms with Gasteiger partial charge in [0.1, 0.15) is 0 Å². The zero-order chi connectivity index (χ0) is 30.7. The number of thiophene rings is 2. The first-order chi connectivity index (χ1) is 22.8. The van der Waals surface area contributed by atoms with Gasteiger partial charge >= 0.3 is 0 Å². The minimum atomic E-state index is 1.14. The monoisotopic (exact) mass is 626 g/mol. The molecule has 0 radical (unpaired) electrons. The Kier molecular flexibility index (Phi) is 7.65. The van der Waals surface area contributed by atoms with Crippen LogP contribution in [0.5, 0.6) is 0 Å². The summed E-state index contributed by atoms with van der Waals surface area (Å²) in [6.07, 6.45) is 0. The molecule has 0 amide bonds. The van der Waals surface area contributed by atoms with Crippen molar-refractivity contribution in [3.8, 4) is 22.3 Å². The number of benzene rings is 6. The summed E-state index contributed by atoms with van der Waals surface area (Å²) in [5, 5.41) is 4.62. The van der Waals surface area contributed by atoms with Gasteiger partial charge in [-0.2, -0.15) is 0 Å². The second-order valence-electron chi connectivity index (χ2n) is 11.1. The van der Waals surface area contributed by atoms with E-state index < -0.39 is 0 Å². The van der Waals surface area contributed by atoms with Gasteiger partial charge in [0, 0.05) is 56.0 Å². The fraction of sp³-hybridized carbons (Fsp3) is 0. The zero-order valence-electron chi connectivity index (χ0n) is 25.0. The summed E-state index contributed by atoms with van der Waals surface area (Å²) in [4.78, 5) is 4.60. The molecule has 6 aromatic carbocycles. The highest BCUT2D eigenvalue weighted by Crippen LogP contribution is 2.45. The number of hydrogen-bond donors (Lipinski definition) is 0. The molecule has 0 saturated carbocycles. The van der Waals surface area contributed by atoms with Gasteiger partial charge in [-0.3, -0.25) is 0 Å². The lowest BCUT2D eigenvalue weighted by atomic mass is 10.0. The summed E-state index contributed by atoms with van der Waals surface area (Å²) in [6.45, 7) is 0. The molecule has 0 saturated heterocycles. The second kappa shape index (κ2) is 12.5. The molecule has 0 spiro atoms. The van der Waals surface area contributed by atoms with Crippen molar-refractivity contribution < 1.29 is 0 Å². The van der Waals surface area contributed by atoms with E-state index in [9.17, 15) is 0 Å². The maximum absolute atomic E-state index is 2.31. The van der Waals surface area contributed by atoms with Crippen LogP contribution in [0, 0.1) is 0 Å². The van der Waals surface area contributed by atoms with Crippen molar-refractivity contribution in [2.45, 2.75) is 0 Å². The van der Waals surface area contributed by atoms with Crippen molar-refractivity contribution in [2.75, 3.05) is 9.80 Å². The third kappa shape index (κ3) is 5.39. The quantitative estimate of drug-likeness (QED) is 0.166. The van der Waals surface area contributed by atoms with Gasteiger partial charge in [-0.15, -0.1) is 22.7 Å². The van der Waals surface area contributed by atoms with Crippen LogP contribution in [0.2, 0.25) is 0 Å². The van der Waals surface area contributed by atoms with E-state index in [1.165, 1.54) is 31.7 Å². The topological polar surface area (TPSA) is 6.48 Å². The predicted octanol–water partition coefficient (Wildman–Crippen LogP) is 13.2. The van der Waals surface area contributed by atoms with Crippen LogP contribution in [0.25, 0.3) is 31.7 Å². The Morgan fingerprint density at radius 3 is 0.826 bits per heavy atom. The molecule has 2 aromatic heterocycles. The molecule has 0 atom stereocenters. The van der Waals surface area contributed by atoms with Gasteiger partial charge in [-0.1, -0.05) is 97.1 Å². The highest BCUT2D eigenvalue weighted by molar-refractivity contribution is 7.27. The summed E-state index contributed by atoms with van der Waals surface area (Å²) < 4.78 is 2.69. The highest BCUT2D eigenvalue weighted by Gasteiger charge is 2.17. The van der Waals surface area contributed by atoms with Crippen LogP contribution in [-0.2, 0) is 0 Å². The van der Waals surface area contributed by atoms with Crippen molar-refractivity contribution in [1.82, 2.24) is 0 Å². The molecule has 8 rings (SSSR count). The zero-order valence-corrected chi connectivity index (χ0v) is 26.7. The first kappa shape index (κ1) is 28.1. The van der Waals surface area contributed by atoms with E-state index in [1.54, 1.807) is 0 Å². The first-order valence-electron chi connectivity index (χ1n) is 15.3. The van der Waals surface area contributed by atoms with E-state index in [0.29, 0.717) is 0 Å². The molecule has 4 heteroatoms. The Hall–Kier alpha value is -5.42. The number of rotatable bonds is 8. The van der Waals surface area contributed by atoms with Gasteiger partial charge in [0.2, 0.25) is 0 Å². The molecule has 0 aliphatic carbocycles. The van der Waals surface area contributed by atoms with E-state index in [0.717, 1.165) is 34.1 Å². The standard InChI is InChI=1S/C42H30N2S2/c1-5-13-33(14-6-1)43(34-15-7-2-8-16-34)37-25-21-31(22-26-37)39-29-45-42-40(30-46-41(39)42)32-23-27-38(28-24-32)44(35-17-9-3-10-18-35)36-19-11-4-12-20-36/h1-30H. The molecule has 8 aromatic rings. The van der Waals surface area contributed by atoms with Crippen molar-refractivity contribution in [2.24, 2.45) is 0 Å². The van der Waals surface area contributed by atoms with E-state index in [-0.39, 0.29) is 0 Å². The van der Waals surface area contributed by atoms with Gasteiger partial charge in [0.15, 0.2) is 0 Å². The lowest BCUT2D eigenvalue weighted by Crippen LogP contribution is -2.09. The number of anilines is 6. The molecule has 0 aliphatic heterocycles. The number of nitrogens with zero attached hydrogens (tertiary/aromatic N) is 2. The van der Waals surface area contributed by atoms with E-state index in [4.69, 9.17) is 0 Å². The lowest BCUT2D eigenvalue weighted by molar-refractivity contribution is 1.28. The minimum Gasteiger partial charge on any atom is -0.311 e. The molecular weight excluding hydrogens is 597 g/mol. The number of para-hydroxylation sites is 4. The Labute approximate surface area is 277 Å². The maximum atomic E-state index is 2.31. The molecule has 2 heterocycles. The van der Waals surface area contributed by atoms with Crippen molar-refractivity contribution in [3.05, 3.63) is 181 Å². The molecule has 0 bridgehead atoms. The van der Waals surface area contributed by atoms with Crippen LogP contribution in [0.15, 0.2) is 181 Å². The summed E-state index contributed by atoms with van der Waals surface area (Å²) >= 11 is 3.67. The summed E-state index contributed by atoms with van der Waals surface area (Å²) in [6, 6.07) is 60.2. The van der Waals surface area contributed by atoms with E-state index >= 15 is 0 Å². The van der Waals surface area contributed by atoms with Gasteiger partial charge in [-0.25, -0.2) is 0 Å². The third-order valence-electron chi connectivity index (χ3n) is 8.22. The Morgan fingerprint density at radius 1 is 0.283 bits per heavy atom. The fourth-order valence-corrected chi connectivity index (χ4v) is 8.46. The van der Waals surface area contributed by atoms with Gasteiger partial charge in [0.25, 0.3) is 0 Å². The molecule has 46 heavy (non-hydrogen) atoms. The van der Waals surface area contributed by atoms with E-state index in [1.807, 2.05) is 22.7 Å². The minimum absolute atomic E-state index is 1.14. The van der Waals surface area contributed by atoms with Gasteiger partial charge in [0.05, 0.1) is 9.40 Å². The normalized spacial score (nSPS) is 11.0. The van der Waals surface area contributed by atoms with Crippen LogP contribution in [-0.4, -0.2) is 0 Å². The molecule has 2 nitrogen and oxygen atoms in total. The average molecular weight is 627 g/mol. The van der Waals surface area contributed by atoms with Crippen LogP contribution in [0.1, 0.15) is 0 Å². The fourth-order valence-electron chi connectivity index (χ4n) is 6.00. The second-order valence-corrected chi connectivity index (χ2v) is 12.8. The van der Waals surface area contributed by atoms with Crippen LogP contribution in [0.3, 0.4) is 0 Å².